The fourth-order valence-corrected chi connectivity index (χ4v) is 3.81. The fraction of sp³-hybridized carbons (Fsp3) is 0.179. The average molecular weight is 406 g/mol. The van der Waals surface area contributed by atoms with Crippen molar-refractivity contribution in [3.63, 3.8) is 0 Å². The quantitative estimate of drug-likeness (QED) is 0.333. The topological polar surface area (TPSA) is 37.6 Å². The van der Waals surface area contributed by atoms with Crippen molar-refractivity contribution in [2.45, 2.75) is 20.8 Å². The SMILES string of the molecule is CN=C(c1ccccc1N=Cc1cccc(-c2cc3ccccc3cn2)c1)C(C)(C)C. The summed E-state index contributed by atoms with van der Waals surface area (Å²) in [5, 5.41) is 2.34. The zero-order valence-corrected chi connectivity index (χ0v) is 18.5. The van der Waals surface area contributed by atoms with E-state index in [9.17, 15) is 0 Å². The first kappa shape index (κ1) is 20.7. The van der Waals surface area contributed by atoms with Crippen LogP contribution in [0.25, 0.3) is 22.0 Å². The smallest absolute Gasteiger partial charge is 0.0720 e. The van der Waals surface area contributed by atoms with Crippen LogP contribution >= 0.6 is 0 Å². The van der Waals surface area contributed by atoms with Crippen LogP contribution < -0.4 is 0 Å². The predicted octanol–water partition coefficient (Wildman–Crippen LogP) is 7.12. The maximum atomic E-state index is 4.82. The third-order valence-electron chi connectivity index (χ3n) is 5.26. The van der Waals surface area contributed by atoms with Crippen molar-refractivity contribution in [2.75, 3.05) is 7.05 Å². The third kappa shape index (κ3) is 4.61. The molecule has 0 aliphatic carbocycles. The van der Waals surface area contributed by atoms with Gasteiger partial charge in [-0.05, 0) is 29.1 Å². The van der Waals surface area contributed by atoms with E-state index in [1.165, 1.54) is 5.39 Å². The Kier molecular flexibility index (Phi) is 5.77. The maximum Gasteiger partial charge on any atom is 0.0720 e. The summed E-state index contributed by atoms with van der Waals surface area (Å²) in [6, 6.07) is 26.9. The second-order valence-electron chi connectivity index (χ2n) is 8.64. The Labute approximate surface area is 184 Å². The van der Waals surface area contributed by atoms with Crippen LogP contribution in [-0.4, -0.2) is 24.0 Å². The number of pyridine rings is 1. The molecule has 3 aromatic carbocycles. The highest BCUT2D eigenvalue weighted by atomic mass is 14.8. The molecule has 4 aromatic rings. The molecule has 31 heavy (non-hydrogen) atoms. The van der Waals surface area contributed by atoms with Gasteiger partial charge in [-0.15, -0.1) is 0 Å². The summed E-state index contributed by atoms with van der Waals surface area (Å²) in [6.07, 6.45) is 3.85. The zero-order valence-electron chi connectivity index (χ0n) is 18.5. The number of fused-ring (bicyclic) bond motifs is 1. The van der Waals surface area contributed by atoms with Gasteiger partial charge in [0.15, 0.2) is 0 Å². The lowest BCUT2D eigenvalue weighted by Gasteiger charge is -2.22. The van der Waals surface area contributed by atoms with Gasteiger partial charge in [0.05, 0.1) is 11.4 Å². The monoisotopic (exact) mass is 405 g/mol. The lowest BCUT2D eigenvalue weighted by molar-refractivity contribution is 0.591. The molecule has 0 saturated carbocycles. The summed E-state index contributed by atoms with van der Waals surface area (Å²) in [4.78, 5) is 14.0. The lowest BCUT2D eigenvalue weighted by Crippen LogP contribution is -2.21. The number of hydrogen-bond donors (Lipinski definition) is 0. The van der Waals surface area contributed by atoms with Crippen LogP contribution in [-0.2, 0) is 0 Å². The molecule has 0 aliphatic rings. The zero-order chi connectivity index (χ0) is 21.8. The molecule has 0 saturated heterocycles. The molecule has 0 unspecified atom stereocenters. The molecule has 0 amide bonds. The van der Waals surface area contributed by atoms with Crippen molar-refractivity contribution >= 4 is 28.4 Å². The Morgan fingerprint density at radius 3 is 2.35 bits per heavy atom. The summed E-state index contributed by atoms with van der Waals surface area (Å²) in [6.45, 7) is 6.53. The van der Waals surface area contributed by atoms with E-state index in [0.717, 1.165) is 39.2 Å². The first-order chi connectivity index (χ1) is 15.0. The van der Waals surface area contributed by atoms with E-state index in [1.807, 2.05) is 49.8 Å². The first-order valence-corrected chi connectivity index (χ1v) is 10.5. The molecule has 4 rings (SSSR count). The van der Waals surface area contributed by atoms with Crippen LogP contribution in [0, 0.1) is 5.41 Å². The summed E-state index contributed by atoms with van der Waals surface area (Å²) >= 11 is 0. The Hall–Kier alpha value is -3.59. The van der Waals surface area contributed by atoms with Gasteiger partial charge in [0.1, 0.15) is 0 Å². The van der Waals surface area contributed by atoms with E-state index >= 15 is 0 Å². The molecule has 1 heterocycles. The number of hydrogen-bond acceptors (Lipinski definition) is 3. The van der Waals surface area contributed by atoms with Crippen molar-refractivity contribution in [3.8, 4) is 11.3 Å². The van der Waals surface area contributed by atoms with Crippen molar-refractivity contribution in [3.05, 3.63) is 96.2 Å². The van der Waals surface area contributed by atoms with Gasteiger partial charge in [-0.3, -0.25) is 15.0 Å². The molecule has 3 nitrogen and oxygen atoms in total. The number of rotatable bonds is 4. The average Bonchev–Trinajstić information content (AvgIpc) is 2.78. The van der Waals surface area contributed by atoms with Crippen LogP contribution in [0.5, 0.6) is 0 Å². The number of aromatic nitrogens is 1. The minimum atomic E-state index is -0.0535. The van der Waals surface area contributed by atoms with E-state index in [1.54, 1.807) is 0 Å². The summed E-state index contributed by atoms with van der Waals surface area (Å²) in [7, 11) is 1.85. The Morgan fingerprint density at radius 2 is 1.58 bits per heavy atom. The normalized spacial score (nSPS) is 12.6. The molecule has 3 heteroatoms. The summed E-state index contributed by atoms with van der Waals surface area (Å²) < 4.78 is 0. The Bertz CT molecular complexity index is 1280. The van der Waals surface area contributed by atoms with E-state index in [-0.39, 0.29) is 5.41 Å². The Morgan fingerprint density at radius 1 is 0.839 bits per heavy atom. The molecule has 0 aliphatic heterocycles. The third-order valence-corrected chi connectivity index (χ3v) is 5.26. The molecule has 0 atom stereocenters. The van der Waals surface area contributed by atoms with Gasteiger partial charge in [0, 0.05) is 47.1 Å². The van der Waals surface area contributed by atoms with E-state index in [2.05, 4.69) is 79.3 Å². The van der Waals surface area contributed by atoms with Gasteiger partial charge in [0.2, 0.25) is 0 Å². The van der Waals surface area contributed by atoms with Crippen LogP contribution in [0.3, 0.4) is 0 Å². The van der Waals surface area contributed by atoms with Crippen molar-refractivity contribution in [2.24, 2.45) is 15.4 Å². The largest absolute Gasteiger partial charge is 0.292 e. The van der Waals surface area contributed by atoms with Gasteiger partial charge < -0.3 is 0 Å². The summed E-state index contributed by atoms with van der Waals surface area (Å²) in [5.41, 5.74) is 6.06. The van der Waals surface area contributed by atoms with Gasteiger partial charge in [-0.1, -0.05) is 81.4 Å². The number of aliphatic imine (C=N–C) groups is 2. The van der Waals surface area contributed by atoms with Crippen LogP contribution in [0.2, 0.25) is 0 Å². The van der Waals surface area contributed by atoms with E-state index < -0.39 is 0 Å². The molecule has 0 bridgehead atoms. The number of benzene rings is 3. The molecular weight excluding hydrogens is 378 g/mol. The van der Waals surface area contributed by atoms with Gasteiger partial charge in [0.25, 0.3) is 0 Å². The van der Waals surface area contributed by atoms with Crippen LogP contribution in [0.1, 0.15) is 31.9 Å². The highest BCUT2D eigenvalue weighted by molar-refractivity contribution is 6.08. The molecule has 0 N–H and O–H groups in total. The standard InChI is InChI=1S/C28H27N3/c1-28(2,3)27(29-4)24-14-7-8-15-25(24)30-18-20-10-9-13-22(16-20)26-17-21-11-5-6-12-23(21)19-31-26/h5-19H,1-4H3. The van der Waals surface area contributed by atoms with Gasteiger partial charge in [-0.2, -0.15) is 0 Å². The number of nitrogens with zero attached hydrogens (tertiary/aromatic N) is 3. The fourth-order valence-electron chi connectivity index (χ4n) is 3.81. The molecule has 1 aromatic heterocycles. The van der Waals surface area contributed by atoms with Crippen molar-refractivity contribution < 1.29 is 0 Å². The second-order valence-corrected chi connectivity index (χ2v) is 8.64. The minimum Gasteiger partial charge on any atom is -0.292 e. The Balaban J connectivity index is 1.67. The van der Waals surface area contributed by atoms with Crippen LogP contribution in [0.4, 0.5) is 5.69 Å². The molecular formula is C28H27N3. The van der Waals surface area contributed by atoms with Crippen LogP contribution in [0.15, 0.2) is 95.0 Å². The summed E-state index contributed by atoms with van der Waals surface area (Å²) in [5.74, 6) is 0. The molecule has 154 valence electrons. The van der Waals surface area contributed by atoms with Crippen molar-refractivity contribution in [1.82, 2.24) is 4.98 Å². The molecule has 0 radical (unpaired) electrons. The lowest BCUT2D eigenvalue weighted by atomic mass is 9.85. The van der Waals surface area contributed by atoms with Gasteiger partial charge in [-0.25, -0.2) is 0 Å². The number of para-hydroxylation sites is 1. The molecule has 0 spiro atoms. The van der Waals surface area contributed by atoms with E-state index in [4.69, 9.17) is 4.99 Å². The van der Waals surface area contributed by atoms with Gasteiger partial charge >= 0.3 is 0 Å². The highest BCUT2D eigenvalue weighted by Gasteiger charge is 2.22. The minimum absolute atomic E-state index is 0.0535. The first-order valence-electron chi connectivity index (χ1n) is 10.5. The van der Waals surface area contributed by atoms with Crippen molar-refractivity contribution in [1.29, 1.82) is 0 Å². The highest BCUT2D eigenvalue weighted by Crippen LogP contribution is 2.29. The maximum absolute atomic E-state index is 4.82. The van der Waals surface area contributed by atoms with E-state index in [0.29, 0.717) is 0 Å². The predicted molar refractivity (Wildman–Crippen MR) is 133 cm³/mol. The molecule has 0 fully saturated rings. The second kappa shape index (κ2) is 8.65.